The third-order valence-corrected chi connectivity index (χ3v) is 10.1. The van der Waals surface area contributed by atoms with Gasteiger partial charge in [0.15, 0.2) is 0 Å². The molecule has 51 heavy (non-hydrogen) atoms. The molecule has 0 aliphatic carbocycles. The molecule has 14 heteroatoms. The molecule has 270 valence electrons. The fourth-order valence-corrected chi connectivity index (χ4v) is 7.57. The SMILES string of the molecule is CCOC(=O)c1c(CCCOc2cc(SCc3ccc(OC)cc3)cc(C(F)(F)F)c2)c2ccc(Cl)c(-c3c(CO)nn4c3COCC4)c2n1C. The quantitative estimate of drug-likeness (QED) is 0.0733. The van der Waals surface area contributed by atoms with Crippen molar-refractivity contribution < 1.29 is 42.0 Å². The zero-order valence-electron chi connectivity index (χ0n) is 28.3. The Balaban J connectivity index is 1.28. The summed E-state index contributed by atoms with van der Waals surface area (Å²) in [6.07, 6.45) is -3.82. The highest BCUT2D eigenvalue weighted by Crippen LogP contribution is 2.43. The van der Waals surface area contributed by atoms with Gasteiger partial charge < -0.3 is 28.6 Å². The smallest absolute Gasteiger partial charge is 0.416 e. The molecule has 0 bridgehead atoms. The summed E-state index contributed by atoms with van der Waals surface area (Å²) in [6.45, 7) is 2.95. The number of methoxy groups -OCH3 is 1. The van der Waals surface area contributed by atoms with E-state index < -0.39 is 17.7 Å². The number of aromatic nitrogens is 3. The van der Waals surface area contributed by atoms with Crippen LogP contribution in [0, 0.1) is 0 Å². The highest BCUT2D eigenvalue weighted by molar-refractivity contribution is 7.98. The summed E-state index contributed by atoms with van der Waals surface area (Å²) < 4.78 is 67.5. The van der Waals surface area contributed by atoms with Crippen LogP contribution in [-0.2, 0) is 54.6 Å². The summed E-state index contributed by atoms with van der Waals surface area (Å²) in [4.78, 5) is 13.8. The van der Waals surface area contributed by atoms with E-state index in [1.54, 1.807) is 37.8 Å². The van der Waals surface area contributed by atoms with Gasteiger partial charge in [0.2, 0.25) is 0 Å². The molecule has 0 radical (unpaired) electrons. The number of carbonyl (C=O) groups is 1. The van der Waals surface area contributed by atoms with Gasteiger partial charge in [0.1, 0.15) is 17.2 Å². The van der Waals surface area contributed by atoms with E-state index in [9.17, 15) is 23.1 Å². The summed E-state index contributed by atoms with van der Waals surface area (Å²) in [5.41, 5.74) is 4.31. The van der Waals surface area contributed by atoms with Gasteiger partial charge in [-0.05, 0) is 67.3 Å². The van der Waals surface area contributed by atoms with Crippen LogP contribution in [0.1, 0.15) is 51.9 Å². The molecule has 2 aromatic heterocycles. The van der Waals surface area contributed by atoms with Crippen LogP contribution in [0.5, 0.6) is 11.5 Å². The second kappa shape index (κ2) is 15.6. The normalized spacial score (nSPS) is 13.0. The Hall–Kier alpha value is -4.17. The predicted octanol–water partition coefficient (Wildman–Crippen LogP) is 8.23. The maximum Gasteiger partial charge on any atom is 0.416 e. The first-order valence-electron chi connectivity index (χ1n) is 16.4. The number of rotatable bonds is 13. The Bertz CT molecular complexity index is 2040. The largest absolute Gasteiger partial charge is 0.497 e. The van der Waals surface area contributed by atoms with Gasteiger partial charge in [0.25, 0.3) is 0 Å². The van der Waals surface area contributed by atoms with Gasteiger partial charge in [-0.3, -0.25) is 4.68 Å². The van der Waals surface area contributed by atoms with Crippen molar-refractivity contribution >= 4 is 40.2 Å². The van der Waals surface area contributed by atoms with E-state index in [0.717, 1.165) is 28.8 Å². The monoisotopic (exact) mass is 743 g/mol. The first kappa shape index (κ1) is 36.6. The third-order valence-electron chi connectivity index (χ3n) is 8.71. The average molecular weight is 744 g/mol. The van der Waals surface area contributed by atoms with Crippen LogP contribution in [-0.4, -0.2) is 52.4 Å². The minimum Gasteiger partial charge on any atom is -0.497 e. The molecule has 3 heterocycles. The highest BCUT2D eigenvalue weighted by Gasteiger charge is 2.32. The Morgan fingerprint density at radius 1 is 1.10 bits per heavy atom. The molecule has 5 aromatic rings. The summed E-state index contributed by atoms with van der Waals surface area (Å²) in [5.74, 6) is 0.741. The van der Waals surface area contributed by atoms with Gasteiger partial charge in [-0.2, -0.15) is 18.3 Å². The molecule has 0 saturated carbocycles. The van der Waals surface area contributed by atoms with Crippen molar-refractivity contribution in [3.63, 3.8) is 0 Å². The fraction of sp³-hybridized carbons (Fsp3) is 0.351. The van der Waals surface area contributed by atoms with E-state index in [-0.39, 0.29) is 32.2 Å². The standard InChI is InChI=1S/C37H37ClF3N3O6S/c1-4-49-36(46)35-27(28-11-12-29(38)32(34(28)43(35)2)33-30(19-45)42-44-13-15-48-20-31(33)44)6-5-14-50-25-16-23(37(39,40)41)17-26(18-25)51-21-22-7-9-24(47-3)10-8-22/h7-12,16-18,45H,4-6,13-15,19-21H2,1-3H3. The summed E-state index contributed by atoms with van der Waals surface area (Å²) in [6, 6.07) is 14.7. The number of benzene rings is 3. The number of aliphatic hydroxyl groups is 1. The Labute approximate surface area is 302 Å². The lowest BCUT2D eigenvalue weighted by Gasteiger charge is -2.17. The number of aliphatic hydroxyl groups excluding tert-OH is 1. The van der Waals surface area contributed by atoms with Crippen molar-refractivity contribution in [2.75, 3.05) is 26.9 Å². The number of carbonyl (C=O) groups excluding carboxylic acids is 1. The maximum atomic E-state index is 13.9. The second-order valence-corrected chi connectivity index (χ2v) is 13.4. The van der Waals surface area contributed by atoms with Crippen LogP contribution >= 0.6 is 23.4 Å². The van der Waals surface area contributed by atoms with Crippen LogP contribution in [0.4, 0.5) is 13.2 Å². The number of esters is 1. The number of aryl methyl sites for hydroxylation is 2. The molecule has 0 saturated heterocycles. The lowest BCUT2D eigenvalue weighted by molar-refractivity contribution is -0.137. The third kappa shape index (κ3) is 7.71. The molecule has 1 N–H and O–H groups in total. The number of thioether (sulfide) groups is 1. The Morgan fingerprint density at radius 2 is 1.88 bits per heavy atom. The Morgan fingerprint density at radius 3 is 2.59 bits per heavy atom. The molecule has 0 unspecified atom stereocenters. The van der Waals surface area contributed by atoms with Crippen LogP contribution < -0.4 is 9.47 Å². The second-order valence-electron chi connectivity index (χ2n) is 11.9. The summed E-state index contributed by atoms with van der Waals surface area (Å²) >= 11 is 8.14. The van der Waals surface area contributed by atoms with Gasteiger partial charge in [0.05, 0.1) is 74.2 Å². The lowest BCUT2D eigenvalue weighted by Crippen LogP contribution is -2.17. The molecule has 0 spiro atoms. The van der Waals surface area contributed by atoms with Gasteiger partial charge in [0, 0.05) is 34.2 Å². The molecule has 0 amide bonds. The maximum absolute atomic E-state index is 13.9. The van der Waals surface area contributed by atoms with Crippen molar-refractivity contribution in [3.05, 3.63) is 93.4 Å². The number of nitrogens with zero attached hydrogens (tertiary/aromatic N) is 3. The minimum atomic E-state index is -4.55. The number of hydrogen-bond donors (Lipinski definition) is 1. The molecular weight excluding hydrogens is 707 g/mol. The first-order valence-corrected chi connectivity index (χ1v) is 17.8. The zero-order chi connectivity index (χ0) is 36.3. The molecule has 6 rings (SSSR count). The van der Waals surface area contributed by atoms with Crippen molar-refractivity contribution in [2.24, 2.45) is 7.05 Å². The van der Waals surface area contributed by atoms with Crippen LogP contribution in [0.2, 0.25) is 5.02 Å². The molecule has 3 aromatic carbocycles. The van der Waals surface area contributed by atoms with E-state index in [0.29, 0.717) is 81.0 Å². The van der Waals surface area contributed by atoms with Gasteiger partial charge in [-0.1, -0.05) is 29.8 Å². The van der Waals surface area contributed by atoms with Crippen molar-refractivity contribution in [3.8, 4) is 22.6 Å². The Kier molecular flexibility index (Phi) is 11.2. The van der Waals surface area contributed by atoms with E-state index in [1.165, 1.54) is 11.8 Å². The van der Waals surface area contributed by atoms with Crippen molar-refractivity contribution in [1.29, 1.82) is 0 Å². The van der Waals surface area contributed by atoms with E-state index in [2.05, 4.69) is 5.10 Å². The van der Waals surface area contributed by atoms with Gasteiger partial charge in [-0.15, -0.1) is 11.8 Å². The van der Waals surface area contributed by atoms with Crippen LogP contribution in [0.25, 0.3) is 22.0 Å². The van der Waals surface area contributed by atoms with E-state index >= 15 is 0 Å². The zero-order valence-corrected chi connectivity index (χ0v) is 29.9. The predicted molar refractivity (Wildman–Crippen MR) is 189 cm³/mol. The topological polar surface area (TPSA) is 97.0 Å². The molecular formula is C37H37ClF3N3O6S. The van der Waals surface area contributed by atoms with Crippen molar-refractivity contribution in [1.82, 2.24) is 14.3 Å². The fourth-order valence-electron chi connectivity index (χ4n) is 6.38. The van der Waals surface area contributed by atoms with Crippen LogP contribution in [0.3, 0.4) is 0 Å². The molecule has 1 aliphatic rings. The van der Waals surface area contributed by atoms with Crippen molar-refractivity contribution in [2.45, 2.75) is 56.3 Å². The molecule has 1 aliphatic heterocycles. The van der Waals surface area contributed by atoms with E-state index in [4.69, 9.17) is 30.5 Å². The number of halogens is 4. The summed E-state index contributed by atoms with van der Waals surface area (Å²) in [7, 11) is 3.33. The number of alkyl halides is 3. The van der Waals surface area contributed by atoms with Gasteiger partial charge >= 0.3 is 12.1 Å². The lowest BCUT2D eigenvalue weighted by atomic mass is 9.97. The number of ether oxygens (including phenoxy) is 4. The molecule has 9 nitrogen and oxygen atoms in total. The molecule has 0 atom stereocenters. The summed E-state index contributed by atoms with van der Waals surface area (Å²) in [5, 5.41) is 16.0. The minimum absolute atomic E-state index is 0.0892. The van der Waals surface area contributed by atoms with E-state index in [1.807, 2.05) is 35.0 Å². The highest BCUT2D eigenvalue weighted by atomic mass is 35.5. The van der Waals surface area contributed by atoms with Crippen LogP contribution in [0.15, 0.2) is 59.5 Å². The number of hydrogen-bond acceptors (Lipinski definition) is 8. The average Bonchev–Trinajstić information content (AvgIpc) is 3.63. The first-order chi connectivity index (χ1) is 24.5. The van der Waals surface area contributed by atoms with Gasteiger partial charge in [-0.25, -0.2) is 4.79 Å². The molecule has 0 fully saturated rings. The number of fused-ring (bicyclic) bond motifs is 2.